The Labute approximate surface area is 140 Å². The zero-order valence-corrected chi connectivity index (χ0v) is 14.2. The van der Waals surface area contributed by atoms with Gasteiger partial charge in [0.15, 0.2) is 17.1 Å². The zero-order valence-electron chi connectivity index (χ0n) is 14.2. The standard InChI is InChI=1S/C18H19N3O3/c1-5-23-14-8-6-7-9-15(14)24-18(22)13-10-11(2)19-17-16(13)12(3)20-21(17)4/h6-10H,5H2,1-4H3. The zero-order chi connectivity index (χ0) is 17.3. The number of para-hydroxylation sites is 2. The van der Waals surface area contributed by atoms with Crippen LogP contribution in [0, 0.1) is 13.8 Å². The first-order valence-electron chi connectivity index (χ1n) is 7.76. The van der Waals surface area contributed by atoms with Crippen molar-refractivity contribution >= 4 is 17.0 Å². The van der Waals surface area contributed by atoms with Crippen LogP contribution >= 0.6 is 0 Å². The Morgan fingerprint density at radius 3 is 2.62 bits per heavy atom. The molecule has 0 atom stereocenters. The molecular weight excluding hydrogens is 306 g/mol. The van der Waals surface area contributed by atoms with Crippen LogP contribution in [0.25, 0.3) is 11.0 Å². The molecule has 124 valence electrons. The van der Waals surface area contributed by atoms with Gasteiger partial charge in [-0.25, -0.2) is 9.78 Å². The van der Waals surface area contributed by atoms with Crippen LogP contribution in [0.3, 0.4) is 0 Å². The fourth-order valence-electron chi connectivity index (χ4n) is 2.70. The largest absolute Gasteiger partial charge is 0.490 e. The molecule has 3 aromatic rings. The number of carbonyl (C=O) groups excluding carboxylic acids is 1. The molecule has 0 radical (unpaired) electrons. The van der Waals surface area contributed by atoms with Gasteiger partial charge in [0.05, 0.1) is 23.3 Å². The summed E-state index contributed by atoms with van der Waals surface area (Å²) in [6.45, 7) is 6.07. The number of rotatable bonds is 4. The normalized spacial score (nSPS) is 10.8. The minimum absolute atomic E-state index is 0.397. The van der Waals surface area contributed by atoms with Gasteiger partial charge < -0.3 is 9.47 Å². The average molecular weight is 325 g/mol. The summed E-state index contributed by atoms with van der Waals surface area (Å²) in [6, 6.07) is 8.85. The van der Waals surface area contributed by atoms with Gasteiger partial charge in [0.2, 0.25) is 0 Å². The van der Waals surface area contributed by atoms with Crippen LogP contribution in [0.1, 0.15) is 28.7 Å². The first-order valence-corrected chi connectivity index (χ1v) is 7.76. The number of benzene rings is 1. The molecule has 0 aliphatic heterocycles. The van der Waals surface area contributed by atoms with Crippen LogP contribution in [0.2, 0.25) is 0 Å². The Bertz CT molecular complexity index is 915. The molecule has 3 rings (SSSR count). The quantitative estimate of drug-likeness (QED) is 0.544. The van der Waals surface area contributed by atoms with Crippen LogP contribution in [0.4, 0.5) is 0 Å². The van der Waals surface area contributed by atoms with E-state index in [-0.39, 0.29) is 0 Å². The number of esters is 1. The fraction of sp³-hybridized carbons (Fsp3) is 0.278. The van der Waals surface area contributed by atoms with E-state index in [1.165, 1.54) is 0 Å². The Hall–Kier alpha value is -2.89. The maximum atomic E-state index is 12.8. The number of nitrogens with zero attached hydrogens (tertiary/aromatic N) is 3. The second-order valence-electron chi connectivity index (χ2n) is 5.49. The van der Waals surface area contributed by atoms with Gasteiger partial charge in [-0.05, 0) is 39.0 Å². The Kier molecular flexibility index (Phi) is 4.20. The van der Waals surface area contributed by atoms with E-state index in [1.807, 2.05) is 26.8 Å². The summed E-state index contributed by atoms with van der Waals surface area (Å²) >= 11 is 0. The Morgan fingerprint density at radius 1 is 1.21 bits per heavy atom. The van der Waals surface area contributed by atoms with Crippen LogP contribution in [0.5, 0.6) is 11.5 Å². The van der Waals surface area contributed by atoms with E-state index in [4.69, 9.17) is 9.47 Å². The SMILES string of the molecule is CCOc1ccccc1OC(=O)c1cc(C)nc2c1c(C)nn2C. The van der Waals surface area contributed by atoms with Gasteiger partial charge in [0, 0.05) is 12.7 Å². The molecule has 24 heavy (non-hydrogen) atoms. The van der Waals surface area contributed by atoms with E-state index in [0.717, 1.165) is 11.4 Å². The van der Waals surface area contributed by atoms with E-state index in [0.29, 0.717) is 34.7 Å². The predicted octanol–water partition coefficient (Wildman–Crippen LogP) is 3.20. The van der Waals surface area contributed by atoms with Crippen molar-refractivity contribution in [3.63, 3.8) is 0 Å². The van der Waals surface area contributed by atoms with Gasteiger partial charge in [-0.15, -0.1) is 0 Å². The third kappa shape index (κ3) is 2.82. The molecule has 0 bridgehead atoms. The highest BCUT2D eigenvalue weighted by Gasteiger charge is 2.20. The van der Waals surface area contributed by atoms with Crippen molar-refractivity contribution in [2.45, 2.75) is 20.8 Å². The second-order valence-corrected chi connectivity index (χ2v) is 5.49. The molecule has 0 amide bonds. The lowest BCUT2D eigenvalue weighted by Gasteiger charge is -2.11. The smallest absolute Gasteiger partial charge is 0.344 e. The molecule has 0 N–H and O–H groups in total. The number of fused-ring (bicyclic) bond motifs is 1. The minimum atomic E-state index is -0.450. The van der Waals surface area contributed by atoms with Crippen molar-refractivity contribution in [3.05, 3.63) is 47.3 Å². The molecule has 0 fully saturated rings. The number of aryl methyl sites for hydroxylation is 3. The summed E-state index contributed by atoms with van der Waals surface area (Å²) in [4.78, 5) is 17.2. The summed E-state index contributed by atoms with van der Waals surface area (Å²) in [6.07, 6.45) is 0. The van der Waals surface area contributed by atoms with Crippen molar-refractivity contribution in [1.82, 2.24) is 14.8 Å². The number of hydrogen-bond acceptors (Lipinski definition) is 5. The lowest BCUT2D eigenvalue weighted by atomic mass is 10.1. The highest BCUT2D eigenvalue weighted by Crippen LogP contribution is 2.29. The fourth-order valence-corrected chi connectivity index (χ4v) is 2.70. The molecule has 2 aromatic heterocycles. The Balaban J connectivity index is 2.04. The molecular formula is C18H19N3O3. The van der Waals surface area contributed by atoms with Crippen LogP contribution in [-0.4, -0.2) is 27.3 Å². The molecule has 0 aliphatic carbocycles. The van der Waals surface area contributed by atoms with E-state index in [1.54, 1.807) is 36.0 Å². The van der Waals surface area contributed by atoms with Gasteiger partial charge in [0.25, 0.3) is 0 Å². The maximum Gasteiger partial charge on any atom is 0.344 e. The van der Waals surface area contributed by atoms with Gasteiger partial charge in [0.1, 0.15) is 0 Å². The van der Waals surface area contributed by atoms with Crippen LogP contribution in [-0.2, 0) is 7.05 Å². The van der Waals surface area contributed by atoms with E-state index < -0.39 is 5.97 Å². The molecule has 0 unspecified atom stereocenters. The number of ether oxygens (including phenoxy) is 2. The van der Waals surface area contributed by atoms with Crippen molar-refractivity contribution in [2.24, 2.45) is 7.05 Å². The van der Waals surface area contributed by atoms with Gasteiger partial charge >= 0.3 is 5.97 Å². The first-order chi connectivity index (χ1) is 11.5. The average Bonchev–Trinajstić information content (AvgIpc) is 2.83. The second kappa shape index (κ2) is 6.31. The highest BCUT2D eigenvalue weighted by atomic mass is 16.6. The molecule has 6 nitrogen and oxygen atoms in total. The van der Waals surface area contributed by atoms with Crippen molar-refractivity contribution in [2.75, 3.05) is 6.61 Å². The topological polar surface area (TPSA) is 66.2 Å². The number of aromatic nitrogens is 3. The third-order valence-corrected chi connectivity index (χ3v) is 3.67. The molecule has 0 aliphatic rings. The molecule has 0 spiro atoms. The third-order valence-electron chi connectivity index (χ3n) is 3.67. The van der Waals surface area contributed by atoms with Crippen molar-refractivity contribution in [1.29, 1.82) is 0 Å². The van der Waals surface area contributed by atoms with Gasteiger partial charge in [-0.2, -0.15) is 5.10 Å². The number of pyridine rings is 1. The summed E-state index contributed by atoms with van der Waals surface area (Å²) in [5.41, 5.74) is 2.59. The first kappa shape index (κ1) is 16.0. The summed E-state index contributed by atoms with van der Waals surface area (Å²) in [5.74, 6) is 0.487. The molecule has 0 saturated carbocycles. The van der Waals surface area contributed by atoms with E-state index >= 15 is 0 Å². The van der Waals surface area contributed by atoms with Crippen LogP contribution < -0.4 is 9.47 Å². The molecule has 0 saturated heterocycles. The van der Waals surface area contributed by atoms with E-state index in [2.05, 4.69) is 10.1 Å². The van der Waals surface area contributed by atoms with Gasteiger partial charge in [-0.1, -0.05) is 12.1 Å². The maximum absolute atomic E-state index is 12.8. The van der Waals surface area contributed by atoms with Crippen LogP contribution in [0.15, 0.2) is 30.3 Å². The monoisotopic (exact) mass is 325 g/mol. The predicted molar refractivity (Wildman–Crippen MR) is 90.6 cm³/mol. The lowest BCUT2D eigenvalue weighted by Crippen LogP contribution is -2.11. The Morgan fingerprint density at radius 2 is 1.92 bits per heavy atom. The summed E-state index contributed by atoms with van der Waals surface area (Å²) in [5, 5.41) is 5.06. The summed E-state index contributed by atoms with van der Waals surface area (Å²) < 4.78 is 12.8. The molecule has 6 heteroatoms. The lowest BCUT2D eigenvalue weighted by molar-refractivity contribution is 0.0730. The van der Waals surface area contributed by atoms with Crippen molar-refractivity contribution in [3.8, 4) is 11.5 Å². The molecule has 2 heterocycles. The van der Waals surface area contributed by atoms with E-state index in [9.17, 15) is 4.79 Å². The summed E-state index contributed by atoms with van der Waals surface area (Å²) in [7, 11) is 1.81. The highest BCUT2D eigenvalue weighted by molar-refractivity contribution is 6.04. The van der Waals surface area contributed by atoms with Gasteiger partial charge in [-0.3, -0.25) is 4.68 Å². The minimum Gasteiger partial charge on any atom is -0.490 e. The number of carbonyl (C=O) groups is 1. The number of hydrogen-bond donors (Lipinski definition) is 0. The molecule has 1 aromatic carbocycles. The van der Waals surface area contributed by atoms with Crippen molar-refractivity contribution < 1.29 is 14.3 Å².